The van der Waals surface area contributed by atoms with Gasteiger partial charge in [0.25, 0.3) is 0 Å². The van der Waals surface area contributed by atoms with Crippen LogP contribution in [0, 0.1) is 11.8 Å². The number of piperidine rings is 1. The summed E-state index contributed by atoms with van der Waals surface area (Å²) in [7, 11) is 3.27. The van der Waals surface area contributed by atoms with Gasteiger partial charge in [-0.2, -0.15) is 0 Å². The van der Waals surface area contributed by atoms with Gasteiger partial charge in [0, 0.05) is 59.4 Å². The number of methoxy groups -OCH3 is 2. The van der Waals surface area contributed by atoms with E-state index < -0.39 is 0 Å². The van der Waals surface area contributed by atoms with E-state index >= 15 is 0 Å². The summed E-state index contributed by atoms with van der Waals surface area (Å²) in [6.07, 6.45) is 1.75. The normalized spacial score (nSPS) is 28.8. The van der Waals surface area contributed by atoms with Crippen molar-refractivity contribution in [3.63, 3.8) is 0 Å². The van der Waals surface area contributed by atoms with E-state index in [1.165, 1.54) is 0 Å². The molecule has 0 aromatic rings. The van der Waals surface area contributed by atoms with Crippen molar-refractivity contribution in [2.24, 2.45) is 11.8 Å². The Labute approximate surface area is 150 Å². The summed E-state index contributed by atoms with van der Waals surface area (Å²) >= 11 is 0. The molecular weight excluding hydrogens is 322 g/mol. The van der Waals surface area contributed by atoms with Crippen molar-refractivity contribution < 1.29 is 19.1 Å². The zero-order valence-corrected chi connectivity index (χ0v) is 15.7. The molecule has 1 spiro atoms. The number of hydrogen-bond acceptors (Lipinski definition) is 5. The van der Waals surface area contributed by atoms with Crippen LogP contribution in [0.25, 0.3) is 0 Å². The highest BCUT2D eigenvalue weighted by atomic mass is 16.5. The number of amides is 2. The van der Waals surface area contributed by atoms with Crippen molar-refractivity contribution in [1.82, 2.24) is 14.7 Å². The lowest BCUT2D eigenvalue weighted by atomic mass is 9.75. The van der Waals surface area contributed by atoms with Crippen molar-refractivity contribution in [2.45, 2.75) is 25.3 Å². The Hall–Kier alpha value is -1.18. The number of hydrogen-bond donors (Lipinski definition) is 0. The van der Waals surface area contributed by atoms with Gasteiger partial charge in [-0.1, -0.05) is 0 Å². The van der Waals surface area contributed by atoms with Crippen LogP contribution < -0.4 is 0 Å². The van der Waals surface area contributed by atoms with Crippen LogP contribution in [-0.2, 0) is 19.1 Å². The highest BCUT2D eigenvalue weighted by Gasteiger charge is 2.61. The summed E-state index contributed by atoms with van der Waals surface area (Å²) in [5, 5.41) is 0. The minimum atomic E-state index is -0.0812. The van der Waals surface area contributed by atoms with Gasteiger partial charge in [0.1, 0.15) is 6.61 Å². The molecule has 0 N–H and O–H groups in total. The maximum atomic E-state index is 13.0. The van der Waals surface area contributed by atoms with Gasteiger partial charge in [0.15, 0.2) is 0 Å². The van der Waals surface area contributed by atoms with Gasteiger partial charge in [-0.3, -0.25) is 14.5 Å². The fourth-order valence-corrected chi connectivity index (χ4v) is 5.17. The fraction of sp³-hybridized carbons (Fsp3) is 0.889. The molecule has 2 amide bonds. The van der Waals surface area contributed by atoms with Gasteiger partial charge < -0.3 is 19.3 Å². The molecule has 3 aliphatic heterocycles. The van der Waals surface area contributed by atoms with Crippen LogP contribution in [0.15, 0.2) is 0 Å². The van der Waals surface area contributed by atoms with E-state index in [4.69, 9.17) is 9.47 Å². The lowest BCUT2D eigenvalue weighted by Crippen LogP contribution is -2.58. The maximum Gasteiger partial charge on any atom is 0.248 e. The van der Waals surface area contributed by atoms with Crippen molar-refractivity contribution in [3.05, 3.63) is 0 Å². The molecule has 3 fully saturated rings. The summed E-state index contributed by atoms with van der Waals surface area (Å²) in [4.78, 5) is 31.5. The first-order chi connectivity index (χ1) is 12.1. The van der Waals surface area contributed by atoms with Crippen LogP contribution in [0.4, 0.5) is 0 Å². The number of carbonyl (C=O) groups excluding carboxylic acids is 2. The van der Waals surface area contributed by atoms with E-state index in [-0.39, 0.29) is 24.0 Å². The van der Waals surface area contributed by atoms with E-state index in [0.717, 1.165) is 39.0 Å². The molecule has 0 radical (unpaired) electrons. The molecule has 0 aromatic carbocycles. The quantitative estimate of drug-likeness (QED) is 0.675. The van der Waals surface area contributed by atoms with Crippen LogP contribution in [0.3, 0.4) is 0 Å². The molecule has 7 nitrogen and oxygen atoms in total. The first-order valence-electron chi connectivity index (χ1n) is 9.37. The minimum absolute atomic E-state index is 0.0504. The molecule has 7 heteroatoms. The zero-order valence-electron chi connectivity index (χ0n) is 15.7. The van der Waals surface area contributed by atoms with E-state index in [1.807, 2.05) is 4.90 Å². The molecule has 0 saturated carbocycles. The third-order valence-corrected chi connectivity index (χ3v) is 6.38. The lowest BCUT2D eigenvalue weighted by Gasteiger charge is -2.47. The Morgan fingerprint density at radius 1 is 1.20 bits per heavy atom. The first-order valence-corrected chi connectivity index (χ1v) is 9.37. The van der Waals surface area contributed by atoms with Gasteiger partial charge in [0.05, 0.1) is 18.1 Å². The van der Waals surface area contributed by atoms with Gasteiger partial charge in [-0.25, -0.2) is 0 Å². The number of rotatable bonds is 6. The number of nitrogens with zero attached hydrogens (tertiary/aromatic N) is 3. The van der Waals surface area contributed by atoms with Crippen LogP contribution in [0.2, 0.25) is 0 Å². The molecule has 3 rings (SSSR count). The maximum absolute atomic E-state index is 13.0. The predicted octanol–water partition coefficient (Wildman–Crippen LogP) is 0.0505. The van der Waals surface area contributed by atoms with E-state index in [2.05, 4.69) is 16.7 Å². The monoisotopic (exact) mass is 353 g/mol. The molecule has 25 heavy (non-hydrogen) atoms. The number of carbonyl (C=O) groups is 2. The zero-order chi connectivity index (χ0) is 18.0. The fourth-order valence-electron chi connectivity index (χ4n) is 5.17. The van der Waals surface area contributed by atoms with Crippen LogP contribution in [0.1, 0.15) is 19.8 Å². The standard InChI is InChI=1S/C18H31N3O4/c1-4-21-17(23)14-11-19(9-10-24-2)12-15(14)18(21)5-7-20(8-6-18)16(22)13-25-3/h14-15H,4-13H2,1-3H3/t14-,15+/m1/s1. The van der Waals surface area contributed by atoms with Gasteiger partial charge in [-0.05, 0) is 19.8 Å². The van der Waals surface area contributed by atoms with Crippen molar-refractivity contribution in [3.8, 4) is 0 Å². The average Bonchev–Trinajstić information content (AvgIpc) is 3.13. The number of ether oxygens (including phenoxy) is 2. The van der Waals surface area contributed by atoms with Crippen LogP contribution in [0.5, 0.6) is 0 Å². The van der Waals surface area contributed by atoms with Gasteiger partial charge in [0.2, 0.25) is 11.8 Å². The van der Waals surface area contributed by atoms with E-state index in [1.54, 1.807) is 14.2 Å². The van der Waals surface area contributed by atoms with E-state index in [0.29, 0.717) is 31.5 Å². The second-order valence-corrected chi connectivity index (χ2v) is 7.47. The number of likely N-dealkylation sites (tertiary alicyclic amines) is 3. The number of fused-ring (bicyclic) bond motifs is 2. The highest BCUT2D eigenvalue weighted by molar-refractivity contribution is 5.84. The summed E-state index contributed by atoms with van der Waals surface area (Å²) in [5.41, 5.74) is -0.0812. The predicted molar refractivity (Wildman–Crippen MR) is 93.1 cm³/mol. The lowest BCUT2D eigenvalue weighted by molar-refractivity contribution is -0.140. The van der Waals surface area contributed by atoms with Crippen LogP contribution >= 0.6 is 0 Å². The summed E-state index contributed by atoms with van der Waals surface area (Å²) < 4.78 is 10.2. The largest absolute Gasteiger partial charge is 0.383 e. The molecule has 2 atom stereocenters. The minimum Gasteiger partial charge on any atom is -0.383 e. The molecular formula is C18H31N3O4. The Bertz CT molecular complexity index is 505. The topological polar surface area (TPSA) is 62.3 Å². The molecule has 0 unspecified atom stereocenters. The highest BCUT2D eigenvalue weighted by Crippen LogP contribution is 2.49. The molecule has 0 aliphatic carbocycles. The van der Waals surface area contributed by atoms with Crippen LogP contribution in [-0.4, -0.2) is 98.8 Å². The first kappa shape index (κ1) is 18.6. The molecule has 3 heterocycles. The van der Waals surface area contributed by atoms with Gasteiger partial charge >= 0.3 is 0 Å². The molecule has 0 bridgehead atoms. The smallest absolute Gasteiger partial charge is 0.248 e. The molecule has 0 aromatic heterocycles. The average molecular weight is 353 g/mol. The van der Waals surface area contributed by atoms with Crippen molar-refractivity contribution in [2.75, 3.05) is 66.7 Å². The Morgan fingerprint density at radius 3 is 2.52 bits per heavy atom. The Morgan fingerprint density at radius 2 is 1.92 bits per heavy atom. The summed E-state index contributed by atoms with van der Waals surface area (Å²) in [6.45, 7) is 7.80. The second kappa shape index (κ2) is 7.60. The SMILES string of the molecule is CCN1C(=O)[C@@H]2CN(CCOC)C[C@@H]2C12CCN(C(=O)COC)CC2. The third kappa shape index (κ3) is 3.17. The van der Waals surface area contributed by atoms with Crippen molar-refractivity contribution in [1.29, 1.82) is 0 Å². The summed E-state index contributed by atoms with van der Waals surface area (Å²) in [5.74, 6) is 0.841. The molecule has 3 saturated heterocycles. The van der Waals surface area contributed by atoms with Crippen molar-refractivity contribution >= 4 is 11.8 Å². The summed E-state index contributed by atoms with van der Waals surface area (Å²) in [6, 6.07) is 0. The molecule has 3 aliphatic rings. The van der Waals surface area contributed by atoms with E-state index in [9.17, 15) is 9.59 Å². The van der Waals surface area contributed by atoms with Gasteiger partial charge in [-0.15, -0.1) is 0 Å². The Kier molecular flexibility index (Phi) is 5.65. The molecule has 142 valence electrons. The second-order valence-electron chi connectivity index (χ2n) is 7.47. The third-order valence-electron chi connectivity index (χ3n) is 6.38. The Balaban J connectivity index is 1.73.